The number of anilines is 3. The third-order valence-electron chi connectivity index (χ3n) is 4.32. The van der Waals surface area contributed by atoms with E-state index in [1.54, 1.807) is 0 Å². The van der Waals surface area contributed by atoms with Gasteiger partial charge in [0.2, 0.25) is 16.9 Å². The molecule has 3 aromatic rings. The fourth-order valence-electron chi connectivity index (χ4n) is 2.82. The maximum Gasteiger partial charge on any atom is 0.238 e. The number of nitrogens with one attached hydrogen (secondary N) is 3. The van der Waals surface area contributed by atoms with Crippen LogP contribution in [0.5, 0.6) is 0 Å². The van der Waals surface area contributed by atoms with Crippen LogP contribution in [0.2, 0.25) is 0 Å². The highest BCUT2D eigenvalue weighted by Crippen LogP contribution is 2.39. The molecule has 7 nitrogen and oxygen atoms in total. The van der Waals surface area contributed by atoms with Crippen LogP contribution in [0.1, 0.15) is 30.6 Å². The van der Waals surface area contributed by atoms with E-state index in [1.807, 2.05) is 54.6 Å². The van der Waals surface area contributed by atoms with Crippen LogP contribution in [0.25, 0.3) is 0 Å². The van der Waals surface area contributed by atoms with E-state index in [0.29, 0.717) is 21.2 Å². The predicted molar refractivity (Wildman–Crippen MR) is 120 cm³/mol. The second-order valence-corrected chi connectivity index (χ2v) is 9.28. The Morgan fingerprint density at radius 3 is 2.57 bits per heavy atom. The minimum atomic E-state index is -0.379. The fourth-order valence-corrected chi connectivity index (χ4v) is 4.79. The number of rotatable bonds is 8. The maximum absolute atomic E-state index is 12.8. The summed E-state index contributed by atoms with van der Waals surface area (Å²) < 4.78 is 0.704. The lowest BCUT2D eigenvalue weighted by molar-refractivity contribution is -0.120. The summed E-state index contributed by atoms with van der Waals surface area (Å²) in [6, 6.07) is 17.4. The van der Waals surface area contributed by atoms with Crippen molar-refractivity contribution in [3.63, 3.8) is 0 Å². The lowest BCUT2D eigenvalue weighted by atomic mass is 10.1. The van der Waals surface area contributed by atoms with Crippen molar-refractivity contribution in [1.82, 2.24) is 15.5 Å². The van der Waals surface area contributed by atoms with Gasteiger partial charge in [0.05, 0.1) is 0 Å². The van der Waals surface area contributed by atoms with E-state index in [9.17, 15) is 9.59 Å². The summed E-state index contributed by atoms with van der Waals surface area (Å²) in [6.07, 6.45) is 2.09. The van der Waals surface area contributed by atoms with E-state index < -0.39 is 0 Å². The average Bonchev–Trinajstić information content (AvgIpc) is 3.43. The molecule has 1 saturated carbocycles. The highest BCUT2D eigenvalue weighted by molar-refractivity contribution is 8.01. The van der Waals surface area contributed by atoms with E-state index in [-0.39, 0.29) is 17.1 Å². The van der Waals surface area contributed by atoms with Crippen molar-refractivity contribution in [3.8, 4) is 0 Å². The first kappa shape index (κ1) is 20.4. The molecule has 0 aliphatic heterocycles. The third-order valence-corrected chi connectivity index (χ3v) is 6.50. The van der Waals surface area contributed by atoms with Crippen molar-refractivity contribution < 1.29 is 9.59 Å². The van der Waals surface area contributed by atoms with E-state index in [0.717, 1.165) is 24.1 Å². The van der Waals surface area contributed by atoms with Crippen molar-refractivity contribution >= 4 is 51.4 Å². The molecule has 9 heteroatoms. The molecule has 2 aromatic carbocycles. The number of amides is 2. The van der Waals surface area contributed by atoms with Gasteiger partial charge in [-0.05, 0) is 36.6 Å². The van der Waals surface area contributed by atoms with Crippen molar-refractivity contribution in [3.05, 3.63) is 60.2 Å². The Morgan fingerprint density at radius 2 is 1.83 bits per heavy atom. The maximum atomic E-state index is 12.8. The molecule has 1 aliphatic carbocycles. The summed E-state index contributed by atoms with van der Waals surface area (Å²) in [5.41, 5.74) is 2.43. The summed E-state index contributed by atoms with van der Waals surface area (Å²) in [4.78, 5) is 24.0. The van der Waals surface area contributed by atoms with Crippen LogP contribution < -0.4 is 16.0 Å². The Morgan fingerprint density at radius 1 is 1.07 bits per heavy atom. The highest BCUT2D eigenvalue weighted by atomic mass is 32.2. The normalized spacial score (nSPS) is 14.0. The molecular weight excluding hydrogens is 418 g/mol. The zero-order chi connectivity index (χ0) is 20.9. The number of hydrogen-bond donors (Lipinski definition) is 3. The van der Waals surface area contributed by atoms with Gasteiger partial charge in [0, 0.05) is 24.3 Å². The molecule has 1 aromatic heterocycles. The Hall–Kier alpha value is -2.91. The van der Waals surface area contributed by atoms with Gasteiger partial charge in [-0.3, -0.25) is 9.59 Å². The fraction of sp³-hybridized carbons (Fsp3) is 0.238. The largest absolute Gasteiger partial charge is 0.352 e. The Balaban J connectivity index is 1.46. The second-order valence-electron chi connectivity index (χ2n) is 6.95. The zero-order valence-corrected chi connectivity index (χ0v) is 17.9. The van der Waals surface area contributed by atoms with Gasteiger partial charge in [0.25, 0.3) is 0 Å². The van der Waals surface area contributed by atoms with Gasteiger partial charge in [-0.2, -0.15) is 0 Å². The number of aromatic nitrogens is 2. The molecule has 0 spiro atoms. The minimum Gasteiger partial charge on any atom is -0.352 e. The van der Waals surface area contributed by atoms with Crippen LogP contribution in [-0.2, 0) is 9.59 Å². The smallest absolute Gasteiger partial charge is 0.238 e. The molecule has 0 bridgehead atoms. The predicted octanol–water partition coefficient (Wildman–Crippen LogP) is 4.35. The van der Waals surface area contributed by atoms with Gasteiger partial charge in [0.15, 0.2) is 4.34 Å². The first-order valence-corrected chi connectivity index (χ1v) is 11.3. The van der Waals surface area contributed by atoms with Crippen LogP contribution >= 0.6 is 23.1 Å². The number of thioether (sulfide) groups is 1. The molecule has 3 N–H and O–H groups in total. The van der Waals surface area contributed by atoms with E-state index in [1.165, 1.54) is 30.0 Å². The molecular formula is C21H21N5O2S2. The van der Waals surface area contributed by atoms with Gasteiger partial charge in [-0.1, -0.05) is 59.5 Å². The minimum absolute atomic E-state index is 0.00131. The van der Waals surface area contributed by atoms with Gasteiger partial charge in [-0.25, -0.2) is 0 Å². The van der Waals surface area contributed by atoms with Crippen molar-refractivity contribution in [1.29, 1.82) is 0 Å². The Kier molecular flexibility index (Phi) is 6.29. The van der Waals surface area contributed by atoms with E-state index in [4.69, 9.17) is 0 Å². The van der Waals surface area contributed by atoms with Crippen molar-refractivity contribution in [2.45, 2.75) is 35.4 Å². The first-order chi connectivity index (χ1) is 14.6. The molecule has 1 fully saturated rings. The first-order valence-electron chi connectivity index (χ1n) is 9.57. The van der Waals surface area contributed by atoms with Crippen LogP contribution in [0, 0.1) is 0 Å². The van der Waals surface area contributed by atoms with Crippen LogP contribution in [0.4, 0.5) is 16.5 Å². The SMILES string of the molecule is CC(=O)Nc1cccc(Nc2nnc(SC(C(=O)NC3CC3)c3ccccc3)s2)c1. The molecule has 1 aliphatic rings. The molecule has 154 valence electrons. The lowest BCUT2D eigenvalue weighted by Gasteiger charge is -2.15. The second kappa shape index (κ2) is 9.27. The molecule has 4 rings (SSSR count). The number of carbonyl (C=O) groups is 2. The summed E-state index contributed by atoms with van der Waals surface area (Å²) in [6.45, 7) is 1.47. The van der Waals surface area contributed by atoms with Gasteiger partial charge in [0.1, 0.15) is 5.25 Å². The van der Waals surface area contributed by atoms with Crippen LogP contribution in [0.15, 0.2) is 58.9 Å². The summed E-state index contributed by atoms with van der Waals surface area (Å²) in [5, 5.41) is 17.7. The van der Waals surface area contributed by atoms with Crippen molar-refractivity contribution in [2.75, 3.05) is 10.6 Å². The number of carbonyl (C=O) groups excluding carboxylic acids is 2. The summed E-state index contributed by atoms with van der Waals surface area (Å²) in [7, 11) is 0. The molecule has 0 radical (unpaired) electrons. The molecule has 1 unspecified atom stereocenters. The number of nitrogens with zero attached hydrogens (tertiary/aromatic N) is 2. The topological polar surface area (TPSA) is 96.0 Å². The Labute approximate surface area is 182 Å². The van der Waals surface area contributed by atoms with E-state index >= 15 is 0 Å². The molecule has 2 amide bonds. The molecule has 30 heavy (non-hydrogen) atoms. The quantitative estimate of drug-likeness (QED) is 0.452. The van der Waals surface area contributed by atoms with Crippen LogP contribution in [0.3, 0.4) is 0 Å². The summed E-state index contributed by atoms with van der Waals surface area (Å²) in [5.74, 6) is -0.125. The van der Waals surface area contributed by atoms with Gasteiger partial charge < -0.3 is 16.0 Å². The van der Waals surface area contributed by atoms with Gasteiger partial charge in [-0.15, -0.1) is 10.2 Å². The standard InChI is InChI=1S/C21H21N5O2S2/c1-13(27)22-16-8-5-9-17(12-16)24-20-25-26-21(30-20)29-18(14-6-3-2-4-7-14)19(28)23-15-10-11-15/h2-9,12,15,18H,10-11H2,1H3,(H,22,27)(H,23,28)(H,24,25). The lowest BCUT2D eigenvalue weighted by Crippen LogP contribution is -2.29. The monoisotopic (exact) mass is 439 g/mol. The average molecular weight is 440 g/mol. The summed E-state index contributed by atoms with van der Waals surface area (Å²) >= 11 is 2.78. The van der Waals surface area contributed by atoms with E-state index in [2.05, 4.69) is 26.1 Å². The van der Waals surface area contributed by atoms with Crippen molar-refractivity contribution in [2.24, 2.45) is 0 Å². The third kappa shape index (κ3) is 5.58. The Bertz CT molecular complexity index is 1040. The van der Waals surface area contributed by atoms with Gasteiger partial charge >= 0.3 is 0 Å². The number of benzene rings is 2. The molecule has 1 heterocycles. The number of hydrogen-bond acceptors (Lipinski definition) is 7. The highest BCUT2D eigenvalue weighted by Gasteiger charge is 2.29. The zero-order valence-electron chi connectivity index (χ0n) is 16.3. The van der Waals surface area contributed by atoms with Crippen LogP contribution in [-0.4, -0.2) is 28.1 Å². The molecule has 0 saturated heterocycles. The molecule has 1 atom stereocenters.